The molecular formula is C24H19F3O4. The van der Waals surface area contributed by atoms with Gasteiger partial charge in [0.1, 0.15) is 18.1 Å². The summed E-state index contributed by atoms with van der Waals surface area (Å²) >= 11 is 0. The lowest BCUT2D eigenvalue weighted by molar-refractivity contribution is -0.274. The number of hydrogen-bond acceptors (Lipinski definition) is 3. The first-order chi connectivity index (χ1) is 14.8. The van der Waals surface area contributed by atoms with E-state index in [-0.39, 0.29) is 18.8 Å². The van der Waals surface area contributed by atoms with Gasteiger partial charge in [0.2, 0.25) is 0 Å². The van der Waals surface area contributed by atoms with Gasteiger partial charge in [0.15, 0.2) is 0 Å². The maximum atomic E-state index is 12.3. The smallest absolute Gasteiger partial charge is 0.490 e. The molecule has 7 heteroatoms. The number of halogens is 3. The molecule has 160 valence electrons. The molecule has 3 aromatic carbocycles. The molecule has 0 unspecified atom stereocenters. The first-order valence-electron chi connectivity index (χ1n) is 9.35. The first kappa shape index (κ1) is 22.0. The summed E-state index contributed by atoms with van der Waals surface area (Å²) in [5, 5.41) is 8.96. The molecule has 0 radical (unpaired) electrons. The minimum Gasteiger partial charge on any atom is -0.490 e. The van der Waals surface area contributed by atoms with Crippen LogP contribution in [-0.4, -0.2) is 24.0 Å². The molecule has 31 heavy (non-hydrogen) atoms. The maximum Gasteiger partial charge on any atom is 0.573 e. The number of hydrogen-bond donors (Lipinski definition) is 1. The molecule has 0 spiro atoms. The third-order valence-corrected chi connectivity index (χ3v) is 4.20. The molecule has 0 aromatic heterocycles. The van der Waals surface area contributed by atoms with E-state index in [1.54, 1.807) is 36.4 Å². The summed E-state index contributed by atoms with van der Waals surface area (Å²) in [5.74, 6) is -0.565. The summed E-state index contributed by atoms with van der Waals surface area (Å²) in [6.07, 6.45) is -1.46. The number of rotatable bonds is 8. The van der Waals surface area contributed by atoms with Crippen LogP contribution in [0.3, 0.4) is 0 Å². The van der Waals surface area contributed by atoms with Gasteiger partial charge < -0.3 is 14.6 Å². The Morgan fingerprint density at radius 2 is 1.58 bits per heavy atom. The van der Waals surface area contributed by atoms with E-state index < -0.39 is 12.3 Å². The van der Waals surface area contributed by atoms with Gasteiger partial charge in [-0.2, -0.15) is 0 Å². The standard InChI is InChI=1S/C24H19F3O4/c25-24(26,27)31-22-11-2-5-17(14-22)7-4-12-30-21-10-3-9-20(16-21)19-8-1-6-18(13-19)15-23(28)29/h1-11,13-14,16H,12,15H2,(H,28,29)/b7-4+. The second-order valence-corrected chi connectivity index (χ2v) is 6.63. The monoisotopic (exact) mass is 428 g/mol. The van der Waals surface area contributed by atoms with Gasteiger partial charge in [-0.15, -0.1) is 13.2 Å². The van der Waals surface area contributed by atoms with Crippen molar-refractivity contribution < 1.29 is 32.5 Å². The van der Waals surface area contributed by atoms with E-state index in [4.69, 9.17) is 9.84 Å². The second-order valence-electron chi connectivity index (χ2n) is 6.63. The van der Waals surface area contributed by atoms with Crippen molar-refractivity contribution in [3.63, 3.8) is 0 Å². The molecule has 3 aromatic rings. The van der Waals surface area contributed by atoms with Crippen molar-refractivity contribution in [2.24, 2.45) is 0 Å². The van der Waals surface area contributed by atoms with Crippen LogP contribution in [0.4, 0.5) is 13.2 Å². The Hall–Kier alpha value is -3.74. The van der Waals surface area contributed by atoms with Crippen molar-refractivity contribution in [2.45, 2.75) is 12.8 Å². The predicted octanol–water partition coefficient (Wildman–Crippen LogP) is 5.97. The molecule has 3 rings (SSSR count). The molecule has 0 aliphatic heterocycles. The third kappa shape index (κ3) is 7.22. The number of carbonyl (C=O) groups is 1. The fraction of sp³-hybridized carbons (Fsp3) is 0.125. The van der Waals surface area contributed by atoms with Crippen LogP contribution in [0.25, 0.3) is 17.2 Å². The molecule has 0 fully saturated rings. The fourth-order valence-electron chi connectivity index (χ4n) is 2.94. The van der Waals surface area contributed by atoms with E-state index in [1.807, 2.05) is 30.3 Å². The van der Waals surface area contributed by atoms with Crippen molar-refractivity contribution in [1.29, 1.82) is 0 Å². The highest BCUT2D eigenvalue weighted by Gasteiger charge is 2.30. The van der Waals surface area contributed by atoms with Crippen molar-refractivity contribution in [3.8, 4) is 22.6 Å². The molecule has 0 heterocycles. The molecule has 0 aliphatic rings. The van der Waals surface area contributed by atoms with E-state index in [1.165, 1.54) is 18.2 Å². The van der Waals surface area contributed by atoms with Crippen molar-refractivity contribution >= 4 is 12.0 Å². The van der Waals surface area contributed by atoms with Crippen molar-refractivity contribution in [1.82, 2.24) is 0 Å². The molecular weight excluding hydrogens is 409 g/mol. The van der Waals surface area contributed by atoms with E-state index in [9.17, 15) is 18.0 Å². The van der Waals surface area contributed by atoms with Gasteiger partial charge in [0.25, 0.3) is 0 Å². The van der Waals surface area contributed by atoms with Crippen LogP contribution in [-0.2, 0) is 11.2 Å². The number of carboxylic acid groups (broad SMARTS) is 1. The lowest BCUT2D eigenvalue weighted by Crippen LogP contribution is -2.17. The highest BCUT2D eigenvalue weighted by molar-refractivity contribution is 5.72. The Labute approximate surface area is 177 Å². The van der Waals surface area contributed by atoms with Crippen LogP contribution < -0.4 is 9.47 Å². The van der Waals surface area contributed by atoms with Crippen LogP contribution >= 0.6 is 0 Å². The van der Waals surface area contributed by atoms with Gasteiger partial charge in [0.05, 0.1) is 6.42 Å². The highest BCUT2D eigenvalue weighted by atomic mass is 19.4. The molecule has 0 bridgehead atoms. The molecule has 0 aliphatic carbocycles. The fourth-order valence-corrected chi connectivity index (χ4v) is 2.94. The Balaban J connectivity index is 1.62. The Morgan fingerprint density at radius 3 is 2.32 bits per heavy atom. The van der Waals surface area contributed by atoms with Crippen molar-refractivity contribution in [3.05, 3.63) is 90.0 Å². The van der Waals surface area contributed by atoms with Gasteiger partial charge in [0, 0.05) is 0 Å². The van der Waals surface area contributed by atoms with E-state index in [2.05, 4.69) is 4.74 Å². The Kier molecular flexibility index (Phi) is 6.97. The van der Waals surface area contributed by atoms with Crippen LogP contribution in [0.1, 0.15) is 11.1 Å². The molecule has 0 amide bonds. The lowest BCUT2D eigenvalue weighted by Gasteiger charge is -2.09. The Bertz CT molecular complexity index is 1070. The van der Waals surface area contributed by atoms with E-state index in [0.29, 0.717) is 16.9 Å². The minimum atomic E-state index is -4.73. The van der Waals surface area contributed by atoms with E-state index >= 15 is 0 Å². The zero-order chi connectivity index (χ0) is 22.3. The number of aliphatic carboxylic acids is 1. The zero-order valence-electron chi connectivity index (χ0n) is 16.3. The van der Waals surface area contributed by atoms with Crippen LogP contribution in [0, 0.1) is 0 Å². The average molecular weight is 428 g/mol. The Morgan fingerprint density at radius 1 is 0.903 bits per heavy atom. The summed E-state index contributed by atoms with van der Waals surface area (Å²) in [4.78, 5) is 10.9. The summed E-state index contributed by atoms with van der Waals surface area (Å²) in [6, 6.07) is 20.3. The topological polar surface area (TPSA) is 55.8 Å². The molecule has 0 saturated carbocycles. The predicted molar refractivity (Wildman–Crippen MR) is 111 cm³/mol. The average Bonchev–Trinajstić information content (AvgIpc) is 2.70. The quantitative estimate of drug-likeness (QED) is 0.480. The molecule has 1 N–H and O–H groups in total. The van der Waals surface area contributed by atoms with Crippen LogP contribution in [0.5, 0.6) is 11.5 Å². The number of ether oxygens (including phenoxy) is 2. The third-order valence-electron chi connectivity index (χ3n) is 4.20. The largest absolute Gasteiger partial charge is 0.573 e. The van der Waals surface area contributed by atoms with Crippen LogP contribution in [0.2, 0.25) is 0 Å². The summed E-state index contributed by atoms with van der Waals surface area (Å²) in [5.41, 5.74) is 3.01. The summed E-state index contributed by atoms with van der Waals surface area (Å²) in [7, 11) is 0. The number of benzene rings is 3. The zero-order valence-corrected chi connectivity index (χ0v) is 16.3. The first-order valence-corrected chi connectivity index (χ1v) is 9.35. The molecule has 4 nitrogen and oxygen atoms in total. The normalized spacial score (nSPS) is 11.5. The molecule has 0 atom stereocenters. The van der Waals surface area contributed by atoms with E-state index in [0.717, 1.165) is 11.1 Å². The molecule has 0 saturated heterocycles. The van der Waals surface area contributed by atoms with Gasteiger partial charge in [-0.1, -0.05) is 54.6 Å². The minimum absolute atomic E-state index is 0.0516. The van der Waals surface area contributed by atoms with Gasteiger partial charge in [-0.05, 0) is 52.6 Å². The highest BCUT2D eigenvalue weighted by Crippen LogP contribution is 2.26. The summed E-state index contributed by atoms with van der Waals surface area (Å²) in [6.45, 7) is 0.215. The SMILES string of the molecule is O=C(O)Cc1cccc(-c2cccc(OC/C=C/c3cccc(OC(F)(F)F)c3)c2)c1. The second kappa shape index (κ2) is 9.84. The van der Waals surface area contributed by atoms with Gasteiger partial charge >= 0.3 is 12.3 Å². The van der Waals surface area contributed by atoms with Crippen LogP contribution in [0.15, 0.2) is 78.9 Å². The number of alkyl halides is 3. The lowest BCUT2D eigenvalue weighted by atomic mass is 10.0. The number of carboxylic acids is 1. The maximum absolute atomic E-state index is 12.3. The van der Waals surface area contributed by atoms with Crippen molar-refractivity contribution in [2.75, 3.05) is 6.61 Å². The van der Waals surface area contributed by atoms with Gasteiger partial charge in [-0.3, -0.25) is 4.79 Å². The van der Waals surface area contributed by atoms with Gasteiger partial charge in [-0.25, -0.2) is 0 Å². The summed E-state index contributed by atoms with van der Waals surface area (Å²) < 4.78 is 46.6.